The Labute approximate surface area is 166 Å². The van der Waals surface area contributed by atoms with Crippen LogP contribution in [0.15, 0.2) is 69.5 Å². The van der Waals surface area contributed by atoms with Crippen molar-refractivity contribution < 1.29 is 4.79 Å². The maximum atomic E-state index is 13.4. The summed E-state index contributed by atoms with van der Waals surface area (Å²) in [5.41, 5.74) is 8.42. The van der Waals surface area contributed by atoms with Crippen molar-refractivity contribution in [2.45, 2.75) is 34.0 Å². The number of thioether (sulfide) groups is 1. The van der Waals surface area contributed by atoms with Crippen LogP contribution in [-0.4, -0.2) is 21.1 Å². The number of fused-ring (bicyclic) bond motifs is 2. The second-order valence-electron chi connectivity index (χ2n) is 6.19. The van der Waals surface area contributed by atoms with Crippen LogP contribution >= 0.6 is 23.5 Å². The molecule has 0 fully saturated rings. The van der Waals surface area contributed by atoms with E-state index in [1.54, 1.807) is 22.7 Å². The van der Waals surface area contributed by atoms with Gasteiger partial charge in [-0.05, 0) is 38.1 Å². The van der Waals surface area contributed by atoms with E-state index >= 15 is 0 Å². The van der Waals surface area contributed by atoms with Gasteiger partial charge in [0.2, 0.25) is 5.91 Å². The molecule has 0 spiro atoms. The highest BCUT2D eigenvalue weighted by atomic mass is 32.2. The Morgan fingerprint density at radius 1 is 1.07 bits per heavy atom. The number of nitrogens with zero attached hydrogens (tertiary/aromatic N) is 3. The lowest BCUT2D eigenvalue weighted by molar-refractivity contribution is -0.117. The second-order valence-corrected chi connectivity index (χ2v) is 8.58. The van der Waals surface area contributed by atoms with Gasteiger partial charge in [0.05, 0.1) is 16.6 Å². The summed E-state index contributed by atoms with van der Waals surface area (Å²) in [6.07, 6.45) is 0. The van der Waals surface area contributed by atoms with E-state index in [1.165, 1.54) is 11.8 Å². The van der Waals surface area contributed by atoms with Crippen molar-refractivity contribution >= 4 is 46.6 Å². The Morgan fingerprint density at radius 2 is 1.67 bits per heavy atom. The minimum atomic E-state index is -0.365. The summed E-state index contributed by atoms with van der Waals surface area (Å²) in [7, 11) is 0. The van der Waals surface area contributed by atoms with Gasteiger partial charge in [-0.1, -0.05) is 47.8 Å². The van der Waals surface area contributed by atoms with Crippen molar-refractivity contribution in [3.05, 3.63) is 60.3 Å². The van der Waals surface area contributed by atoms with Crippen molar-refractivity contribution in [1.82, 2.24) is 9.97 Å². The van der Waals surface area contributed by atoms with E-state index in [4.69, 9.17) is 5.73 Å². The molecule has 1 aliphatic rings. The molecule has 1 amide bonds. The number of hydrogen-bond donors (Lipinski definition) is 1. The lowest BCUT2D eigenvalue weighted by Crippen LogP contribution is -2.34. The fourth-order valence-electron chi connectivity index (χ4n) is 2.95. The quantitative estimate of drug-likeness (QED) is 0.514. The molecular formula is C20H18N4OS2. The molecule has 27 heavy (non-hydrogen) atoms. The zero-order chi connectivity index (χ0) is 19.0. The fraction of sp³-hybridized carbons (Fsp3) is 0.150. The largest absolute Gasteiger partial charge is 0.384 e. The molecule has 4 rings (SSSR count). The van der Waals surface area contributed by atoms with Gasteiger partial charge in [-0.25, -0.2) is 9.97 Å². The van der Waals surface area contributed by atoms with Crippen LogP contribution in [0.2, 0.25) is 0 Å². The molecule has 5 nitrogen and oxygen atoms in total. The molecule has 0 saturated heterocycles. The van der Waals surface area contributed by atoms with E-state index in [-0.39, 0.29) is 11.2 Å². The third kappa shape index (κ3) is 3.52. The normalized spacial score (nSPS) is 13.6. The molecule has 2 aromatic carbocycles. The molecule has 0 unspecified atom stereocenters. The number of para-hydroxylation sites is 2. The van der Waals surface area contributed by atoms with Gasteiger partial charge in [0, 0.05) is 21.6 Å². The van der Waals surface area contributed by atoms with Gasteiger partial charge >= 0.3 is 0 Å². The van der Waals surface area contributed by atoms with E-state index in [1.807, 2.05) is 62.4 Å². The fourth-order valence-corrected chi connectivity index (χ4v) is 4.89. The number of anilines is 3. The maximum Gasteiger partial charge on any atom is 0.244 e. The second kappa shape index (κ2) is 7.25. The molecule has 0 saturated carbocycles. The average molecular weight is 395 g/mol. The molecule has 0 radical (unpaired) electrons. The van der Waals surface area contributed by atoms with Crippen molar-refractivity contribution in [3.63, 3.8) is 0 Å². The molecule has 1 aromatic heterocycles. The Morgan fingerprint density at radius 3 is 2.26 bits per heavy atom. The molecule has 1 atom stereocenters. The monoisotopic (exact) mass is 394 g/mol. The highest BCUT2D eigenvalue weighted by Gasteiger charge is 2.31. The van der Waals surface area contributed by atoms with Crippen LogP contribution in [0, 0.1) is 6.92 Å². The third-order valence-electron chi connectivity index (χ3n) is 4.14. The molecule has 0 bridgehead atoms. The van der Waals surface area contributed by atoms with Crippen LogP contribution in [0.4, 0.5) is 17.2 Å². The Bertz CT molecular complexity index is 959. The maximum absolute atomic E-state index is 13.4. The number of carbonyl (C=O) groups is 1. The van der Waals surface area contributed by atoms with Gasteiger partial charge in [0.25, 0.3) is 0 Å². The van der Waals surface area contributed by atoms with Crippen molar-refractivity contribution in [2.75, 3.05) is 10.6 Å². The Balaban J connectivity index is 1.69. The summed E-state index contributed by atoms with van der Waals surface area (Å²) in [6.45, 7) is 3.74. The predicted molar refractivity (Wildman–Crippen MR) is 111 cm³/mol. The number of benzene rings is 2. The first-order chi connectivity index (χ1) is 13.0. The van der Waals surface area contributed by atoms with Crippen LogP contribution in [0.5, 0.6) is 0 Å². The summed E-state index contributed by atoms with van der Waals surface area (Å²) >= 11 is 3.00. The highest BCUT2D eigenvalue weighted by Crippen LogP contribution is 2.48. The lowest BCUT2D eigenvalue weighted by atomic mass is 10.2. The predicted octanol–water partition coefficient (Wildman–Crippen LogP) is 4.68. The Kier molecular flexibility index (Phi) is 4.80. The van der Waals surface area contributed by atoms with Crippen LogP contribution in [0.1, 0.15) is 12.6 Å². The van der Waals surface area contributed by atoms with E-state index < -0.39 is 0 Å². The number of amides is 1. The number of carbonyl (C=O) groups excluding carboxylic acids is 1. The molecule has 2 N–H and O–H groups in total. The summed E-state index contributed by atoms with van der Waals surface area (Å²) in [5.74, 6) is 0.401. The highest BCUT2D eigenvalue weighted by molar-refractivity contribution is 8.00. The molecular weight excluding hydrogens is 376 g/mol. The van der Waals surface area contributed by atoms with Gasteiger partial charge in [0.1, 0.15) is 5.82 Å². The third-order valence-corrected chi connectivity index (χ3v) is 6.21. The van der Waals surface area contributed by atoms with Crippen molar-refractivity contribution in [2.24, 2.45) is 0 Å². The molecule has 2 heterocycles. The van der Waals surface area contributed by atoms with Gasteiger partial charge in [-0.2, -0.15) is 0 Å². The van der Waals surface area contributed by atoms with Gasteiger partial charge in [-0.3, -0.25) is 9.69 Å². The summed E-state index contributed by atoms with van der Waals surface area (Å²) in [5, 5.41) is 0.150. The number of hydrogen-bond acceptors (Lipinski definition) is 6. The summed E-state index contributed by atoms with van der Waals surface area (Å²) < 4.78 is 0. The van der Waals surface area contributed by atoms with Crippen LogP contribution in [-0.2, 0) is 4.79 Å². The van der Waals surface area contributed by atoms with Crippen molar-refractivity contribution in [1.29, 1.82) is 0 Å². The molecule has 7 heteroatoms. The zero-order valence-corrected chi connectivity index (χ0v) is 16.6. The van der Waals surface area contributed by atoms with E-state index in [9.17, 15) is 4.79 Å². The van der Waals surface area contributed by atoms with Crippen molar-refractivity contribution in [3.8, 4) is 0 Å². The molecule has 3 aromatic rings. The number of nitrogens with two attached hydrogens (primary N) is 1. The number of nitrogen functional groups attached to an aromatic ring is 1. The smallest absolute Gasteiger partial charge is 0.244 e. The van der Waals surface area contributed by atoms with Gasteiger partial charge in [-0.15, -0.1) is 0 Å². The standard InChI is InChI=1S/C20H18N4OS2/c1-12-11-18(21)23-20(22-12)26-13(2)19(25)24-14-7-3-5-9-16(14)27-17-10-6-4-8-15(17)24/h3-11,13H,1-2H3,(H2,21,22,23)/t13-/m0/s1. The molecule has 1 aliphatic heterocycles. The molecule has 0 aliphatic carbocycles. The van der Waals surface area contributed by atoms with Gasteiger partial charge < -0.3 is 5.73 Å². The first kappa shape index (κ1) is 17.9. The van der Waals surface area contributed by atoms with Gasteiger partial charge in [0.15, 0.2) is 5.16 Å². The first-order valence-corrected chi connectivity index (χ1v) is 10.2. The summed E-state index contributed by atoms with van der Waals surface area (Å²) in [4.78, 5) is 26.0. The average Bonchev–Trinajstić information content (AvgIpc) is 2.64. The summed E-state index contributed by atoms with van der Waals surface area (Å²) in [6, 6.07) is 17.6. The van der Waals surface area contributed by atoms with Crippen LogP contribution < -0.4 is 10.6 Å². The minimum Gasteiger partial charge on any atom is -0.384 e. The van der Waals surface area contributed by atoms with E-state index in [0.717, 1.165) is 26.9 Å². The number of rotatable bonds is 3. The topological polar surface area (TPSA) is 72.1 Å². The first-order valence-electron chi connectivity index (χ1n) is 8.50. The number of aryl methyl sites for hydroxylation is 1. The Hall–Kier alpha value is -2.51. The number of aromatic nitrogens is 2. The van der Waals surface area contributed by atoms with E-state index in [2.05, 4.69) is 9.97 Å². The molecule has 136 valence electrons. The van der Waals surface area contributed by atoms with E-state index in [0.29, 0.717) is 11.0 Å². The SMILES string of the molecule is Cc1cc(N)nc(S[C@@H](C)C(=O)N2c3ccccc3Sc3ccccc32)n1. The van der Waals surface area contributed by atoms with Crippen LogP contribution in [0.3, 0.4) is 0 Å². The lowest BCUT2D eigenvalue weighted by Gasteiger charge is -2.32. The zero-order valence-electron chi connectivity index (χ0n) is 14.9. The van der Waals surface area contributed by atoms with Crippen LogP contribution in [0.25, 0.3) is 0 Å². The minimum absolute atomic E-state index is 0.0103.